The highest BCUT2D eigenvalue weighted by molar-refractivity contribution is 6.10. The highest BCUT2D eigenvalue weighted by atomic mass is 16.6. The molecule has 0 radical (unpaired) electrons. The third kappa shape index (κ3) is 2.35. The number of likely N-dealkylation sites (N-methyl/N-ethyl adjacent to an activating group) is 1. The number of carbonyl (C=O) groups is 2. The third-order valence-electron chi connectivity index (χ3n) is 4.17. The molecule has 0 bridgehead atoms. The van der Waals surface area contributed by atoms with Crippen LogP contribution in [-0.2, 0) is 10.4 Å². The fourth-order valence-electron chi connectivity index (χ4n) is 2.89. The second-order valence-electron chi connectivity index (χ2n) is 5.65. The molecule has 1 aliphatic rings. The lowest BCUT2D eigenvalue weighted by Gasteiger charge is -2.21. The van der Waals surface area contributed by atoms with Crippen molar-refractivity contribution in [3.63, 3.8) is 0 Å². The SMILES string of the molecule is CN1C(=O)[C@](O)(CC(=O)c2ccccc2)c2cc([N+](=O)[O-])ccc21. The van der Waals surface area contributed by atoms with Crippen LogP contribution >= 0.6 is 0 Å². The Labute approximate surface area is 137 Å². The summed E-state index contributed by atoms with van der Waals surface area (Å²) in [5.41, 5.74) is -1.56. The molecule has 1 N–H and O–H groups in total. The van der Waals surface area contributed by atoms with Crippen LogP contribution in [0.1, 0.15) is 22.3 Å². The summed E-state index contributed by atoms with van der Waals surface area (Å²) in [6.07, 6.45) is -0.478. The van der Waals surface area contributed by atoms with Gasteiger partial charge in [0.2, 0.25) is 0 Å². The molecule has 0 aromatic heterocycles. The molecule has 0 saturated carbocycles. The zero-order valence-corrected chi connectivity index (χ0v) is 12.8. The molecule has 1 atom stereocenters. The van der Waals surface area contributed by atoms with E-state index >= 15 is 0 Å². The number of nitro benzene ring substituents is 1. The van der Waals surface area contributed by atoms with E-state index in [2.05, 4.69) is 0 Å². The zero-order valence-electron chi connectivity index (χ0n) is 12.8. The average molecular weight is 326 g/mol. The molecule has 24 heavy (non-hydrogen) atoms. The number of fused-ring (bicyclic) bond motifs is 1. The Bertz CT molecular complexity index is 849. The zero-order chi connectivity index (χ0) is 17.5. The maximum absolute atomic E-state index is 12.5. The fourth-order valence-corrected chi connectivity index (χ4v) is 2.89. The molecule has 3 rings (SSSR count). The number of nitro groups is 1. The van der Waals surface area contributed by atoms with Crippen molar-refractivity contribution in [1.29, 1.82) is 0 Å². The summed E-state index contributed by atoms with van der Waals surface area (Å²) >= 11 is 0. The summed E-state index contributed by atoms with van der Waals surface area (Å²) in [5.74, 6) is -1.10. The van der Waals surface area contributed by atoms with Crippen LogP contribution in [0.4, 0.5) is 11.4 Å². The molecule has 0 aliphatic carbocycles. The van der Waals surface area contributed by atoms with E-state index in [4.69, 9.17) is 0 Å². The topological polar surface area (TPSA) is 101 Å². The number of Topliss-reactive ketones (excluding diaryl/α,β-unsaturated/α-hetero) is 1. The van der Waals surface area contributed by atoms with Crippen LogP contribution in [0.3, 0.4) is 0 Å². The first kappa shape index (κ1) is 15.8. The third-order valence-corrected chi connectivity index (χ3v) is 4.17. The second kappa shape index (κ2) is 5.54. The molecule has 7 heteroatoms. The molecular weight excluding hydrogens is 312 g/mol. The first-order valence-electron chi connectivity index (χ1n) is 7.22. The molecule has 0 fully saturated rings. The summed E-state index contributed by atoms with van der Waals surface area (Å²) in [7, 11) is 1.46. The summed E-state index contributed by atoms with van der Waals surface area (Å²) in [4.78, 5) is 36.5. The van der Waals surface area contributed by atoms with Crippen molar-refractivity contribution < 1.29 is 19.6 Å². The van der Waals surface area contributed by atoms with Crippen LogP contribution < -0.4 is 4.90 Å². The molecule has 1 amide bonds. The van der Waals surface area contributed by atoms with Gasteiger partial charge in [0.15, 0.2) is 11.4 Å². The van der Waals surface area contributed by atoms with E-state index < -0.39 is 28.6 Å². The summed E-state index contributed by atoms with van der Waals surface area (Å²) < 4.78 is 0. The Kier molecular flexibility index (Phi) is 3.65. The number of hydrogen-bond acceptors (Lipinski definition) is 5. The van der Waals surface area contributed by atoms with E-state index in [9.17, 15) is 24.8 Å². The van der Waals surface area contributed by atoms with Crippen molar-refractivity contribution in [2.75, 3.05) is 11.9 Å². The summed E-state index contributed by atoms with van der Waals surface area (Å²) in [5, 5.41) is 21.9. The van der Waals surface area contributed by atoms with Crippen LogP contribution in [0.25, 0.3) is 0 Å². The van der Waals surface area contributed by atoms with Gasteiger partial charge in [-0.05, 0) is 6.07 Å². The van der Waals surface area contributed by atoms with Gasteiger partial charge in [-0.2, -0.15) is 0 Å². The van der Waals surface area contributed by atoms with Crippen LogP contribution in [0.15, 0.2) is 48.5 Å². The lowest BCUT2D eigenvalue weighted by molar-refractivity contribution is -0.385. The molecule has 2 aromatic rings. The van der Waals surface area contributed by atoms with E-state index in [1.54, 1.807) is 30.3 Å². The molecule has 1 heterocycles. The van der Waals surface area contributed by atoms with E-state index in [0.29, 0.717) is 11.3 Å². The standard InChI is InChI=1S/C17H14N2O5/c1-18-14-8-7-12(19(23)24)9-13(14)17(22,16(18)21)10-15(20)11-5-3-2-4-6-11/h2-9,22H,10H2,1H3/t17-/m0/s1. The number of ketones is 1. The van der Waals surface area contributed by atoms with E-state index in [-0.39, 0.29) is 11.3 Å². The van der Waals surface area contributed by atoms with Gasteiger partial charge in [0.25, 0.3) is 11.6 Å². The number of rotatable bonds is 4. The minimum atomic E-state index is -2.11. The highest BCUT2D eigenvalue weighted by Crippen LogP contribution is 2.43. The van der Waals surface area contributed by atoms with Gasteiger partial charge in [0, 0.05) is 30.3 Å². The molecule has 1 aliphatic heterocycles. The van der Waals surface area contributed by atoms with Gasteiger partial charge < -0.3 is 10.0 Å². The van der Waals surface area contributed by atoms with Gasteiger partial charge in [-0.3, -0.25) is 19.7 Å². The molecule has 122 valence electrons. The predicted octanol–water partition coefficient (Wildman–Crippen LogP) is 2.03. The van der Waals surface area contributed by atoms with Gasteiger partial charge in [0.05, 0.1) is 17.0 Å². The number of nitrogens with zero attached hydrogens (tertiary/aromatic N) is 2. The lowest BCUT2D eigenvalue weighted by atomic mass is 9.88. The van der Waals surface area contributed by atoms with Crippen molar-refractivity contribution in [3.8, 4) is 0 Å². The van der Waals surface area contributed by atoms with Gasteiger partial charge in [0.1, 0.15) is 0 Å². The largest absolute Gasteiger partial charge is 0.375 e. The number of amides is 1. The Hall–Kier alpha value is -3.06. The highest BCUT2D eigenvalue weighted by Gasteiger charge is 2.50. The lowest BCUT2D eigenvalue weighted by Crippen LogP contribution is -2.40. The quantitative estimate of drug-likeness (QED) is 0.526. The Morgan fingerprint density at radius 2 is 1.92 bits per heavy atom. The number of non-ortho nitro benzene ring substituents is 1. The average Bonchev–Trinajstić information content (AvgIpc) is 2.77. The maximum atomic E-state index is 12.5. The van der Waals surface area contributed by atoms with Gasteiger partial charge in [-0.15, -0.1) is 0 Å². The van der Waals surface area contributed by atoms with Crippen LogP contribution in [-0.4, -0.2) is 28.8 Å². The van der Waals surface area contributed by atoms with Crippen molar-refractivity contribution in [2.24, 2.45) is 0 Å². The summed E-state index contributed by atoms with van der Waals surface area (Å²) in [6.45, 7) is 0. The number of carbonyl (C=O) groups excluding carboxylic acids is 2. The minimum absolute atomic E-state index is 0.0773. The Morgan fingerprint density at radius 1 is 1.25 bits per heavy atom. The first-order valence-corrected chi connectivity index (χ1v) is 7.22. The molecular formula is C17H14N2O5. The van der Waals surface area contributed by atoms with Crippen LogP contribution in [0.5, 0.6) is 0 Å². The normalized spacial score (nSPS) is 19.2. The van der Waals surface area contributed by atoms with Crippen LogP contribution in [0, 0.1) is 10.1 Å². The van der Waals surface area contributed by atoms with E-state index in [1.165, 1.54) is 24.1 Å². The van der Waals surface area contributed by atoms with E-state index in [0.717, 1.165) is 6.07 Å². The fraction of sp³-hybridized carbons (Fsp3) is 0.176. The Morgan fingerprint density at radius 3 is 2.54 bits per heavy atom. The molecule has 2 aromatic carbocycles. The van der Waals surface area contributed by atoms with Gasteiger partial charge >= 0.3 is 0 Å². The second-order valence-corrected chi connectivity index (χ2v) is 5.65. The smallest absolute Gasteiger partial charge is 0.269 e. The number of hydrogen-bond donors (Lipinski definition) is 1. The predicted molar refractivity (Wildman–Crippen MR) is 85.8 cm³/mol. The van der Waals surface area contributed by atoms with Crippen molar-refractivity contribution in [1.82, 2.24) is 0 Å². The first-order chi connectivity index (χ1) is 11.3. The van der Waals surface area contributed by atoms with E-state index in [1.807, 2.05) is 0 Å². The molecule has 0 spiro atoms. The number of aliphatic hydroxyl groups is 1. The molecule has 0 unspecified atom stereocenters. The minimum Gasteiger partial charge on any atom is -0.375 e. The maximum Gasteiger partial charge on any atom is 0.269 e. The number of benzene rings is 2. The van der Waals surface area contributed by atoms with Crippen molar-refractivity contribution in [2.45, 2.75) is 12.0 Å². The van der Waals surface area contributed by atoms with Crippen molar-refractivity contribution >= 4 is 23.1 Å². The van der Waals surface area contributed by atoms with Gasteiger partial charge in [-0.1, -0.05) is 30.3 Å². The molecule has 0 saturated heterocycles. The van der Waals surface area contributed by atoms with Crippen molar-refractivity contribution in [3.05, 3.63) is 69.8 Å². The number of anilines is 1. The van der Waals surface area contributed by atoms with Gasteiger partial charge in [-0.25, -0.2) is 0 Å². The van der Waals surface area contributed by atoms with Crippen LogP contribution in [0.2, 0.25) is 0 Å². The Balaban J connectivity index is 2.04. The monoisotopic (exact) mass is 326 g/mol. The summed E-state index contributed by atoms with van der Waals surface area (Å²) in [6, 6.07) is 12.1. The molecule has 7 nitrogen and oxygen atoms in total.